The van der Waals surface area contributed by atoms with Crippen molar-refractivity contribution in [3.63, 3.8) is 0 Å². The lowest BCUT2D eigenvalue weighted by atomic mass is 9.86. The zero-order valence-electron chi connectivity index (χ0n) is 16.2. The molecule has 1 saturated carbocycles. The van der Waals surface area contributed by atoms with Crippen molar-refractivity contribution in [3.05, 3.63) is 47.0 Å². The number of amides is 1. The van der Waals surface area contributed by atoms with Crippen molar-refractivity contribution in [2.24, 2.45) is 5.92 Å². The highest BCUT2D eigenvalue weighted by Crippen LogP contribution is 2.30. The van der Waals surface area contributed by atoms with Crippen molar-refractivity contribution in [1.29, 1.82) is 0 Å². The lowest BCUT2D eigenvalue weighted by molar-refractivity contribution is 0.0672. The van der Waals surface area contributed by atoms with Crippen molar-refractivity contribution in [1.82, 2.24) is 14.7 Å². The largest absolute Gasteiger partial charge is 0.337 e. The normalized spacial score (nSPS) is 22.3. The molecule has 1 aromatic carbocycles. The minimum Gasteiger partial charge on any atom is -0.337 e. The monoisotopic (exact) mass is 369 g/mol. The fourth-order valence-corrected chi connectivity index (χ4v) is 4.53. The second kappa shape index (κ2) is 7.45. The standard InChI is InChI=1S/C22H28FN3O/c1-15-7-11-17(12-8-15)25(2)22(27)21-19-5-3-4-6-20(19)26(24-21)18-13-9-16(23)10-14-18/h9-10,13-15,17H,3-8,11-12H2,1-2H3. The maximum atomic E-state index is 13.3. The summed E-state index contributed by atoms with van der Waals surface area (Å²) >= 11 is 0. The second-order valence-corrected chi connectivity index (χ2v) is 8.20. The van der Waals surface area contributed by atoms with Gasteiger partial charge in [-0.05, 0) is 81.5 Å². The molecule has 0 spiro atoms. The van der Waals surface area contributed by atoms with Crippen LogP contribution in [0.25, 0.3) is 5.69 Å². The Kier molecular flexibility index (Phi) is 5.02. The molecule has 1 heterocycles. The summed E-state index contributed by atoms with van der Waals surface area (Å²) in [6.07, 6.45) is 8.52. The Morgan fingerprint density at radius 2 is 1.78 bits per heavy atom. The van der Waals surface area contributed by atoms with E-state index in [9.17, 15) is 9.18 Å². The van der Waals surface area contributed by atoms with Gasteiger partial charge >= 0.3 is 0 Å². The summed E-state index contributed by atoms with van der Waals surface area (Å²) in [4.78, 5) is 15.2. The van der Waals surface area contributed by atoms with Crippen LogP contribution in [-0.2, 0) is 12.8 Å². The van der Waals surface area contributed by atoms with E-state index in [-0.39, 0.29) is 11.7 Å². The molecule has 1 fully saturated rings. The molecule has 2 aliphatic carbocycles. The Morgan fingerprint density at radius 1 is 1.11 bits per heavy atom. The zero-order valence-corrected chi connectivity index (χ0v) is 16.2. The first kappa shape index (κ1) is 18.2. The number of carbonyl (C=O) groups excluding carboxylic acids is 1. The second-order valence-electron chi connectivity index (χ2n) is 8.20. The van der Waals surface area contributed by atoms with E-state index >= 15 is 0 Å². The van der Waals surface area contributed by atoms with Gasteiger partial charge < -0.3 is 4.90 Å². The lowest BCUT2D eigenvalue weighted by Crippen LogP contribution is -2.39. The predicted octanol–water partition coefficient (Wildman–Crippen LogP) is 4.54. The van der Waals surface area contributed by atoms with Crippen LogP contribution in [0.5, 0.6) is 0 Å². The van der Waals surface area contributed by atoms with Crippen molar-refractivity contribution in [2.75, 3.05) is 7.05 Å². The Labute approximate surface area is 160 Å². The number of benzene rings is 1. The summed E-state index contributed by atoms with van der Waals surface area (Å²) in [6.45, 7) is 2.29. The molecular formula is C22H28FN3O. The van der Waals surface area contributed by atoms with Gasteiger partial charge in [-0.15, -0.1) is 0 Å². The molecule has 0 radical (unpaired) electrons. The van der Waals surface area contributed by atoms with Crippen LogP contribution in [0, 0.1) is 11.7 Å². The summed E-state index contributed by atoms with van der Waals surface area (Å²) in [5.74, 6) is 0.533. The van der Waals surface area contributed by atoms with Crippen LogP contribution in [0.15, 0.2) is 24.3 Å². The minimum atomic E-state index is -0.262. The maximum Gasteiger partial charge on any atom is 0.274 e. The van der Waals surface area contributed by atoms with Crippen LogP contribution in [0.2, 0.25) is 0 Å². The van der Waals surface area contributed by atoms with Gasteiger partial charge in [-0.2, -0.15) is 5.10 Å². The highest BCUT2D eigenvalue weighted by molar-refractivity contribution is 5.94. The molecular weight excluding hydrogens is 341 g/mol. The lowest BCUT2D eigenvalue weighted by Gasteiger charge is -2.33. The molecule has 1 amide bonds. The van der Waals surface area contributed by atoms with E-state index in [1.807, 2.05) is 16.6 Å². The molecule has 27 heavy (non-hydrogen) atoms. The highest BCUT2D eigenvalue weighted by atomic mass is 19.1. The van der Waals surface area contributed by atoms with Crippen LogP contribution < -0.4 is 0 Å². The van der Waals surface area contributed by atoms with Crippen molar-refractivity contribution in [3.8, 4) is 5.69 Å². The van der Waals surface area contributed by atoms with Gasteiger partial charge in [0.15, 0.2) is 5.69 Å². The number of aromatic nitrogens is 2. The first-order valence-corrected chi connectivity index (χ1v) is 10.2. The molecule has 0 unspecified atom stereocenters. The number of carbonyl (C=O) groups is 1. The van der Waals surface area contributed by atoms with Crippen LogP contribution in [-0.4, -0.2) is 33.7 Å². The number of nitrogens with zero attached hydrogens (tertiary/aromatic N) is 3. The quantitative estimate of drug-likeness (QED) is 0.797. The molecule has 5 heteroatoms. The third-order valence-corrected chi connectivity index (χ3v) is 6.31. The molecule has 0 aliphatic heterocycles. The van der Waals surface area contributed by atoms with Crippen LogP contribution in [0.3, 0.4) is 0 Å². The van der Waals surface area contributed by atoms with Crippen LogP contribution in [0.1, 0.15) is 67.2 Å². The number of fused-ring (bicyclic) bond motifs is 1. The molecule has 0 atom stereocenters. The Morgan fingerprint density at radius 3 is 2.48 bits per heavy atom. The fraction of sp³-hybridized carbons (Fsp3) is 0.545. The van der Waals surface area contributed by atoms with E-state index < -0.39 is 0 Å². The average Bonchev–Trinajstić information content (AvgIpc) is 3.08. The maximum absolute atomic E-state index is 13.3. The molecule has 4 nitrogen and oxygen atoms in total. The van der Waals surface area contributed by atoms with Gasteiger partial charge in [-0.25, -0.2) is 9.07 Å². The summed E-state index contributed by atoms with van der Waals surface area (Å²) in [5.41, 5.74) is 3.62. The predicted molar refractivity (Wildman–Crippen MR) is 104 cm³/mol. The first-order valence-electron chi connectivity index (χ1n) is 10.2. The molecule has 2 aromatic rings. The average molecular weight is 369 g/mol. The van der Waals surface area contributed by atoms with Gasteiger partial charge in [0.05, 0.1) is 5.69 Å². The van der Waals surface area contributed by atoms with Gasteiger partial charge in [0.25, 0.3) is 5.91 Å². The number of hydrogen-bond donors (Lipinski definition) is 0. The molecule has 0 N–H and O–H groups in total. The Hall–Kier alpha value is -2.17. The Bertz CT molecular complexity index is 819. The van der Waals surface area contributed by atoms with Crippen molar-refractivity contribution >= 4 is 5.91 Å². The van der Waals surface area contributed by atoms with Gasteiger partial charge in [0.1, 0.15) is 5.82 Å². The van der Waals surface area contributed by atoms with E-state index in [2.05, 4.69) is 6.92 Å². The third kappa shape index (κ3) is 3.52. The third-order valence-electron chi connectivity index (χ3n) is 6.31. The van der Waals surface area contributed by atoms with E-state index in [1.165, 1.54) is 25.0 Å². The summed E-state index contributed by atoms with van der Waals surface area (Å²) in [5, 5.41) is 4.73. The van der Waals surface area contributed by atoms with E-state index in [1.54, 1.807) is 12.1 Å². The fourth-order valence-electron chi connectivity index (χ4n) is 4.53. The summed E-state index contributed by atoms with van der Waals surface area (Å²) < 4.78 is 15.2. The summed E-state index contributed by atoms with van der Waals surface area (Å²) in [7, 11) is 1.93. The van der Waals surface area contributed by atoms with E-state index in [0.29, 0.717) is 11.7 Å². The Balaban J connectivity index is 1.66. The molecule has 144 valence electrons. The van der Waals surface area contributed by atoms with Gasteiger partial charge in [-0.3, -0.25) is 4.79 Å². The zero-order chi connectivity index (χ0) is 19.0. The number of hydrogen-bond acceptors (Lipinski definition) is 2. The minimum absolute atomic E-state index is 0.0357. The van der Waals surface area contributed by atoms with Gasteiger partial charge in [-0.1, -0.05) is 6.92 Å². The number of halogens is 1. The smallest absolute Gasteiger partial charge is 0.274 e. The van der Waals surface area contributed by atoms with Crippen molar-refractivity contribution < 1.29 is 9.18 Å². The highest BCUT2D eigenvalue weighted by Gasteiger charge is 2.31. The molecule has 1 aromatic heterocycles. The van der Waals surface area contributed by atoms with Crippen molar-refractivity contribution in [2.45, 2.75) is 64.3 Å². The topological polar surface area (TPSA) is 38.1 Å². The molecule has 0 bridgehead atoms. The van der Waals surface area contributed by atoms with E-state index in [4.69, 9.17) is 5.10 Å². The SMILES string of the molecule is CC1CCC(N(C)C(=O)c2nn(-c3ccc(F)cc3)c3c2CCCC3)CC1. The van der Waals surface area contributed by atoms with Crippen LogP contribution >= 0.6 is 0 Å². The molecule has 4 rings (SSSR count). The number of rotatable bonds is 3. The van der Waals surface area contributed by atoms with E-state index in [0.717, 1.165) is 61.4 Å². The van der Waals surface area contributed by atoms with Gasteiger partial charge in [0, 0.05) is 24.3 Å². The van der Waals surface area contributed by atoms with Gasteiger partial charge in [0.2, 0.25) is 0 Å². The molecule has 0 saturated heterocycles. The molecule has 2 aliphatic rings. The first-order chi connectivity index (χ1) is 13.0. The van der Waals surface area contributed by atoms with Crippen LogP contribution in [0.4, 0.5) is 4.39 Å². The summed E-state index contributed by atoms with van der Waals surface area (Å²) in [6, 6.07) is 6.67.